The van der Waals surface area contributed by atoms with Crippen molar-refractivity contribution in [3.8, 4) is 0 Å². The Balaban J connectivity index is 2.55. The summed E-state index contributed by atoms with van der Waals surface area (Å²) < 4.78 is 0. The Labute approximate surface area is 47.1 Å². The Kier molecular flexibility index (Phi) is 1.42. The number of hydrazone groups is 1. The topological polar surface area (TPSA) is 41.5 Å². The van der Waals surface area contributed by atoms with Gasteiger partial charge in [-0.2, -0.15) is 5.10 Å². The molecule has 0 aromatic carbocycles. The molecule has 1 N–H and O–H groups in total. The van der Waals surface area contributed by atoms with E-state index in [1.165, 1.54) is 0 Å². The quantitative estimate of drug-likeness (QED) is 0.513. The van der Waals surface area contributed by atoms with E-state index in [1.807, 2.05) is 6.08 Å². The van der Waals surface area contributed by atoms with Crippen molar-refractivity contribution >= 4 is 12.0 Å². The van der Waals surface area contributed by atoms with Gasteiger partial charge in [-0.25, -0.2) is 0 Å². The number of hydrogen-bond acceptors (Lipinski definition) is 3. The molecule has 0 fully saturated rings. The van der Waals surface area contributed by atoms with Gasteiger partial charge >= 0.3 is 0 Å². The molecular formula is C5H5N2O. The fourth-order valence-corrected chi connectivity index (χ4v) is 0.449. The monoisotopic (exact) mass is 109 g/mol. The summed E-state index contributed by atoms with van der Waals surface area (Å²) in [6.45, 7) is 0. The molecule has 1 rings (SSSR count). The van der Waals surface area contributed by atoms with Gasteiger partial charge in [-0.05, 0) is 0 Å². The molecule has 0 saturated heterocycles. The van der Waals surface area contributed by atoms with Gasteiger partial charge in [0.15, 0.2) is 0 Å². The average Bonchev–Trinajstić information content (AvgIpc) is 1.90. The van der Waals surface area contributed by atoms with E-state index < -0.39 is 0 Å². The third kappa shape index (κ3) is 0.932. The third-order valence-electron chi connectivity index (χ3n) is 0.821. The zero-order chi connectivity index (χ0) is 5.82. The maximum absolute atomic E-state index is 9.83. The summed E-state index contributed by atoms with van der Waals surface area (Å²) in [5, 5.41) is 3.60. The highest BCUT2D eigenvalue weighted by atomic mass is 16.1. The SMILES string of the molecule is O=[C]C1=NNC=CC1. The highest BCUT2D eigenvalue weighted by Crippen LogP contribution is 1.89. The van der Waals surface area contributed by atoms with Crippen molar-refractivity contribution in [1.82, 2.24) is 5.43 Å². The highest BCUT2D eigenvalue weighted by molar-refractivity contribution is 6.29. The molecule has 8 heavy (non-hydrogen) atoms. The fraction of sp³-hybridized carbons (Fsp3) is 0.200. The van der Waals surface area contributed by atoms with Crippen LogP contribution in [0.2, 0.25) is 0 Å². The largest absolute Gasteiger partial charge is 0.286 e. The van der Waals surface area contributed by atoms with E-state index in [0.717, 1.165) is 0 Å². The van der Waals surface area contributed by atoms with E-state index in [2.05, 4.69) is 10.5 Å². The van der Waals surface area contributed by atoms with E-state index >= 15 is 0 Å². The Morgan fingerprint density at radius 3 is 3.12 bits per heavy atom. The Morgan fingerprint density at radius 2 is 2.75 bits per heavy atom. The number of nitrogens with one attached hydrogen (secondary N) is 1. The molecule has 1 radical (unpaired) electrons. The highest BCUT2D eigenvalue weighted by Gasteiger charge is 1.96. The second kappa shape index (κ2) is 2.26. The van der Waals surface area contributed by atoms with Gasteiger partial charge in [0.2, 0.25) is 0 Å². The van der Waals surface area contributed by atoms with Crippen molar-refractivity contribution in [3.05, 3.63) is 12.3 Å². The van der Waals surface area contributed by atoms with Crippen molar-refractivity contribution in [1.29, 1.82) is 0 Å². The van der Waals surface area contributed by atoms with Crippen molar-refractivity contribution in [2.24, 2.45) is 5.10 Å². The first-order valence-corrected chi connectivity index (χ1v) is 2.29. The second-order valence-electron chi connectivity index (χ2n) is 1.40. The molecule has 41 valence electrons. The number of rotatable bonds is 1. The predicted octanol–water partition coefficient (Wildman–Crippen LogP) is -0.0409. The average molecular weight is 109 g/mol. The molecule has 0 atom stereocenters. The number of carbonyl (C=O) groups excluding carboxylic acids is 1. The van der Waals surface area contributed by atoms with Gasteiger partial charge in [0.1, 0.15) is 5.71 Å². The zero-order valence-corrected chi connectivity index (χ0v) is 4.22. The maximum Gasteiger partial charge on any atom is 0.251 e. The van der Waals surface area contributed by atoms with Crippen LogP contribution in [-0.2, 0) is 4.79 Å². The lowest BCUT2D eigenvalue weighted by molar-refractivity contribution is 0.566. The first-order valence-electron chi connectivity index (χ1n) is 2.29. The van der Waals surface area contributed by atoms with E-state index in [0.29, 0.717) is 12.1 Å². The fourth-order valence-electron chi connectivity index (χ4n) is 0.449. The van der Waals surface area contributed by atoms with Crippen molar-refractivity contribution in [3.63, 3.8) is 0 Å². The minimum absolute atomic E-state index is 0.424. The minimum Gasteiger partial charge on any atom is -0.286 e. The summed E-state index contributed by atoms with van der Waals surface area (Å²) in [5.41, 5.74) is 2.95. The molecule has 0 aromatic rings. The molecule has 1 aliphatic heterocycles. The van der Waals surface area contributed by atoms with Gasteiger partial charge in [0.05, 0.1) is 0 Å². The molecule has 0 spiro atoms. The van der Waals surface area contributed by atoms with Crippen LogP contribution in [-0.4, -0.2) is 12.0 Å². The summed E-state index contributed by atoms with van der Waals surface area (Å²) in [6.07, 6.45) is 5.78. The summed E-state index contributed by atoms with van der Waals surface area (Å²) >= 11 is 0. The molecule has 1 heterocycles. The molecule has 0 saturated carbocycles. The maximum atomic E-state index is 9.83. The zero-order valence-electron chi connectivity index (χ0n) is 4.22. The minimum atomic E-state index is 0.424. The van der Waals surface area contributed by atoms with Crippen molar-refractivity contribution < 1.29 is 4.79 Å². The standard InChI is InChI=1S/C5H5N2O/c8-4-5-2-1-3-6-7-5/h1,3,6H,2H2. The Morgan fingerprint density at radius 1 is 1.88 bits per heavy atom. The van der Waals surface area contributed by atoms with Gasteiger partial charge < -0.3 is 0 Å². The summed E-state index contributed by atoms with van der Waals surface area (Å²) in [4.78, 5) is 9.83. The summed E-state index contributed by atoms with van der Waals surface area (Å²) in [5.74, 6) is 0. The molecule has 0 amide bonds. The normalized spacial score (nSPS) is 16.8. The van der Waals surface area contributed by atoms with Gasteiger partial charge in [-0.1, -0.05) is 6.08 Å². The molecule has 0 aliphatic carbocycles. The van der Waals surface area contributed by atoms with Crippen LogP contribution in [0.5, 0.6) is 0 Å². The second-order valence-corrected chi connectivity index (χ2v) is 1.40. The molecule has 0 bridgehead atoms. The first kappa shape index (κ1) is 5.03. The predicted molar refractivity (Wildman–Crippen MR) is 30.0 cm³/mol. The number of allylic oxidation sites excluding steroid dienone is 1. The van der Waals surface area contributed by atoms with Crippen LogP contribution < -0.4 is 5.43 Å². The van der Waals surface area contributed by atoms with E-state index in [-0.39, 0.29) is 0 Å². The first-order chi connectivity index (χ1) is 3.93. The van der Waals surface area contributed by atoms with Gasteiger partial charge in [0.25, 0.3) is 6.29 Å². The van der Waals surface area contributed by atoms with Crippen LogP contribution in [0, 0.1) is 0 Å². The lowest BCUT2D eigenvalue weighted by Crippen LogP contribution is -2.09. The van der Waals surface area contributed by atoms with Crippen LogP contribution in [0.25, 0.3) is 0 Å². The van der Waals surface area contributed by atoms with Gasteiger partial charge in [-0.15, -0.1) is 0 Å². The third-order valence-corrected chi connectivity index (χ3v) is 0.821. The summed E-state index contributed by atoms with van der Waals surface area (Å²) in [7, 11) is 0. The van der Waals surface area contributed by atoms with Gasteiger partial charge in [-0.3, -0.25) is 10.2 Å². The molecule has 3 nitrogen and oxygen atoms in total. The van der Waals surface area contributed by atoms with Crippen LogP contribution >= 0.6 is 0 Å². The molecule has 1 aliphatic rings. The van der Waals surface area contributed by atoms with E-state index in [4.69, 9.17) is 0 Å². The lowest BCUT2D eigenvalue weighted by atomic mass is 10.3. The number of nitrogens with zero attached hydrogens (tertiary/aromatic N) is 1. The van der Waals surface area contributed by atoms with Crippen LogP contribution in [0.15, 0.2) is 17.4 Å². The Bertz CT molecular complexity index is 149. The van der Waals surface area contributed by atoms with E-state index in [1.54, 1.807) is 12.5 Å². The molecule has 0 unspecified atom stereocenters. The Hall–Kier alpha value is -1.12. The van der Waals surface area contributed by atoms with Crippen molar-refractivity contribution in [2.45, 2.75) is 6.42 Å². The van der Waals surface area contributed by atoms with Crippen LogP contribution in [0.4, 0.5) is 0 Å². The van der Waals surface area contributed by atoms with Crippen LogP contribution in [0.3, 0.4) is 0 Å². The lowest BCUT2D eigenvalue weighted by Gasteiger charge is -1.97. The molecule has 0 aromatic heterocycles. The molecule has 3 heteroatoms. The smallest absolute Gasteiger partial charge is 0.251 e. The summed E-state index contributed by atoms with van der Waals surface area (Å²) in [6, 6.07) is 0. The number of hydrogen-bond donors (Lipinski definition) is 1. The van der Waals surface area contributed by atoms with Crippen molar-refractivity contribution in [2.75, 3.05) is 0 Å². The van der Waals surface area contributed by atoms with E-state index in [9.17, 15) is 4.79 Å². The van der Waals surface area contributed by atoms with Gasteiger partial charge in [0, 0.05) is 12.6 Å². The van der Waals surface area contributed by atoms with Crippen LogP contribution in [0.1, 0.15) is 6.42 Å². The molecular weight excluding hydrogens is 104 g/mol.